The number of hydrogen-bond donors (Lipinski definition) is 1. The van der Waals surface area contributed by atoms with E-state index in [4.69, 9.17) is 0 Å². The molecule has 0 amide bonds. The quantitative estimate of drug-likeness (QED) is 0.790. The van der Waals surface area contributed by atoms with Crippen LogP contribution in [-0.2, 0) is 0 Å². The molecule has 3 rings (SSSR count). The fourth-order valence-corrected chi connectivity index (χ4v) is 4.50. The summed E-state index contributed by atoms with van der Waals surface area (Å²) in [4.78, 5) is 1.68. The van der Waals surface area contributed by atoms with Crippen LogP contribution in [0.15, 0.2) is 11.4 Å². The van der Waals surface area contributed by atoms with Crippen LogP contribution in [0.2, 0.25) is 0 Å². The second-order valence-corrected chi connectivity index (χ2v) is 7.10. The zero-order chi connectivity index (χ0) is 12.4. The summed E-state index contributed by atoms with van der Waals surface area (Å²) in [5.74, 6) is 1.71. The molecule has 2 aliphatic carbocycles. The summed E-state index contributed by atoms with van der Waals surface area (Å²) in [6.45, 7) is 3.55. The molecular weight excluding hydrogens is 238 g/mol. The molecule has 1 nitrogen and oxygen atoms in total. The highest BCUT2D eigenvalue weighted by Crippen LogP contribution is 2.40. The van der Waals surface area contributed by atoms with Crippen molar-refractivity contribution >= 4 is 11.3 Å². The minimum Gasteiger partial charge on any atom is -0.314 e. The van der Waals surface area contributed by atoms with Gasteiger partial charge in [-0.2, -0.15) is 0 Å². The molecule has 0 bridgehead atoms. The molecule has 2 fully saturated rings. The minimum atomic E-state index is 0.832. The molecule has 2 aliphatic rings. The number of nitrogens with one attached hydrogen (secondary N) is 1. The zero-order valence-corrected chi connectivity index (χ0v) is 12.3. The summed E-state index contributed by atoms with van der Waals surface area (Å²) >= 11 is 1.99. The topological polar surface area (TPSA) is 12.0 Å². The van der Waals surface area contributed by atoms with Crippen molar-refractivity contribution in [2.45, 2.75) is 63.8 Å². The smallest absolute Gasteiger partial charge is 0.0109 e. The van der Waals surface area contributed by atoms with Crippen LogP contribution in [0.4, 0.5) is 0 Å². The Morgan fingerprint density at radius 2 is 2.00 bits per heavy atom. The minimum absolute atomic E-state index is 0.832. The fourth-order valence-electron chi connectivity index (χ4n) is 3.34. The zero-order valence-electron chi connectivity index (χ0n) is 11.5. The summed E-state index contributed by atoms with van der Waals surface area (Å²) < 4.78 is 0. The SMILES string of the molecule is Cc1ccsc1C1CCCCCC1CNC1CC1. The van der Waals surface area contributed by atoms with Crippen molar-refractivity contribution in [1.82, 2.24) is 5.32 Å². The van der Waals surface area contributed by atoms with E-state index in [0.717, 1.165) is 17.9 Å². The Kier molecular flexibility index (Phi) is 4.05. The van der Waals surface area contributed by atoms with Crippen LogP contribution in [-0.4, -0.2) is 12.6 Å². The van der Waals surface area contributed by atoms with E-state index in [-0.39, 0.29) is 0 Å². The van der Waals surface area contributed by atoms with E-state index in [0.29, 0.717) is 0 Å². The molecule has 2 saturated carbocycles. The number of rotatable bonds is 4. The molecule has 0 saturated heterocycles. The highest BCUT2D eigenvalue weighted by Gasteiger charge is 2.29. The van der Waals surface area contributed by atoms with Gasteiger partial charge in [0.1, 0.15) is 0 Å². The molecule has 1 aromatic heterocycles. The second kappa shape index (κ2) is 5.75. The highest BCUT2D eigenvalue weighted by atomic mass is 32.1. The molecule has 1 heterocycles. The maximum absolute atomic E-state index is 3.77. The predicted octanol–water partition coefficient (Wildman–Crippen LogP) is 4.47. The van der Waals surface area contributed by atoms with Gasteiger partial charge in [-0.25, -0.2) is 0 Å². The first kappa shape index (κ1) is 12.7. The van der Waals surface area contributed by atoms with Crippen LogP contribution in [0, 0.1) is 12.8 Å². The molecule has 2 unspecified atom stereocenters. The summed E-state index contributed by atoms with van der Waals surface area (Å²) in [6, 6.07) is 3.16. The Morgan fingerprint density at radius 3 is 2.72 bits per heavy atom. The molecule has 0 radical (unpaired) electrons. The summed E-state index contributed by atoms with van der Waals surface area (Å²) in [6.07, 6.45) is 9.99. The van der Waals surface area contributed by atoms with Gasteiger partial charge in [-0.15, -0.1) is 11.3 Å². The number of aryl methyl sites for hydroxylation is 1. The Bertz CT molecular complexity index is 380. The second-order valence-electron chi connectivity index (χ2n) is 6.15. The standard InChI is InChI=1S/C16H25NS/c1-12-9-10-18-16(12)15-6-4-2-3-5-13(15)11-17-14-7-8-14/h9-10,13-15,17H,2-8,11H2,1H3. The van der Waals surface area contributed by atoms with Crippen molar-refractivity contribution in [2.24, 2.45) is 5.92 Å². The van der Waals surface area contributed by atoms with E-state index in [1.807, 2.05) is 11.3 Å². The van der Waals surface area contributed by atoms with Gasteiger partial charge >= 0.3 is 0 Å². The van der Waals surface area contributed by atoms with Gasteiger partial charge < -0.3 is 5.32 Å². The lowest BCUT2D eigenvalue weighted by Gasteiger charge is -2.25. The van der Waals surface area contributed by atoms with Crippen molar-refractivity contribution < 1.29 is 0 Å². The van der Waals surface area contributed by atoms with Gasteiger partial charge in [0.25, 0.3) is 0 Å². The van der Waals surface area contributed by atoms with E-state index < -0.39 is 0 Å². The van der Waals surface area contributed by atoms with Crippen molar-refractivity contribution in [3.8, 4) is 0 Å². The van der Waals surface area contributed by atoms with Crippen LogP contribution < -0.4 is 5.32 Å². The summed E-state index contributed by atoms with van der Waals surface area (Å²) in [5, 5.41) is 6.05. The average Bonchev–Trinajstić information content (AvgIpc) is 3.14. The lowest BCUT2D eigenvalue weighted by Crippen LogP contribution is -2.28. The Morgan fingerprint density at radius 1 is 1.17 bits per heavy atom. The Hall–Kier alpha value is -0.340. The Balaban J connectivity index is 1.71. The van der Waals surface area contributed by atoms with Crippen LogP contribution >= 0.6 is 11.3 Å². The summed E-state index contributed by atoms with van der Waals surface area (Å²) in [5.41, 5.74) is 1.53. The third-order valence-corrected chi connectivity index (χ3v) is 5.79. The normalized spacial score (nSPS) is 29.2. The molecule has 2 atom stereocenters. The maximum Gasteiger partial charge on any atom is 0.0109 e. The van der Waals surface area contributed by atoms with Crippen LogP contribution in [0.5, 0.6) is 0 Å². The van der Waals surface area contributed by atoms with Crippen molar-refractivity contribution in [3.05, 3.63) is 21.9 Å². The molecular formula is C16H25NS. The van der Waals surface area contributed by atoms with Crippen LogP contribution in [0.25, 0.3) is 0 Å². The van der Waals surface area contributed by atoms with E-state index in [2.05, 4.69) is 23.7 Å². The van der Waals surface area contributed by atoms with Gasteiger partial charge in [0, 0.05) is 10.9 Å². The fraction of sp³-hybridized carbons (Fsp3) is 0.750. The number of thiophene rings is 1. The Labute approximate surface area is 115 Å². The van der Waals surface area contributed by atoms with Gasteiger partial charge in [0.2, 0.25) is 0 Å². The van der Waals surface area contributed by atoms with E-state index in [9.17, 15) is 0 Å². The van der Waals surface area contributed by atoms with Gasteiger partial charge in [0.15, 0.2) is 0 Å². The van der Waals surface area contributed by atoms with Crippen molar-refractivity contribution in [3.63, 3.8) is 0 Å². The van der Waals surface area contributed by atoms with Gasteiger partial charge in [-0.1, -0.05) is 19.3 Å². The maximum atomic E-state index is 3.77. The number of hydrogen-bond acceptors (Lipinski definition) is 2. The molecule has 1 aromatic rings. The first-order chi connectivity index (χ1) is 8.84. The van der Waals surface area contributed by atoms with Crippen LogP contribution in [0.1, 0.15) is 61.3 Å². The molecule has 18 heavy (non-hydrogen) atoms. The lowest BCUT2D eigenvalue weighted by molar-refractivity contribution is 0.377. The van der Waals surface area contributed by atoms with Gasteiger partial charge in [-0.05, 0) is 68.0 Å². The van der Waals surface area contributed by atoms with E-state index in [1.165, 1.54) is 57.1 Å². The third kappa shape index (κ3) is 2.97. The lowest BCUT2D eigenvalue weighted by atomic mass is 9.85. The summed E-state index contributed by atoms with van der Waals surface area (Å²) in [7, 11) is 0. The first-order valence-corrected chi connectivity index (χ1v) is 8.50. The van der Waals surface area contributed by atoms with Crippen molar-refractivity contribution in [2.75, 3.05) is 6.54 Å². The average molecular weight is 263 g/mol. The first-order valence-electron chi connectivity index (χ1n) is 7.62. The molecule has 2 heteroatoms. The molecule has 0 spiro atoms. The molecule has 100 valence electrons. The van der Waals surface area contributed by atoms with E-state index >= 15 is 0 Å². The molecule has 0 aromatic carbocycles. The molecule has 1 N–H and O–H groups in total. The third-order valence-electron chi connectivity index (χ3n) is 4.64. The van der Waals surface area contributed by atoms with Crippen molar-refractivity contribution in [1.29, 1.82) is 0 Å². The predicted molar refractivity (Wildman–Crippen MR) is 79.4 cm³/mol. The van der Waals surface area contributed by atoms with Gasteiger partial charge in [0.05, 0.1) is 0 Å². The van der Waals surface area contributed by atoms with Crippen LogP contribution in [0.3, 0.4) is 0 Å². The van der Waals surface area contributed by atoms with E-state index in [1.54, 1.807) is 4.88 Å². The largest absolute Gasteiger partial charge is 0.314 e. The monoisotopic (exact) mass is 263 g/mol. The van der Waals surface area contributed by atoms with Gasteiger partial charge in [-0.3, -0.25) is 0 Å². The highest BCUT2D eigenvalue weighted by molar-refractivity contribution is 7.10. The molecule has 0 aliphatic heterocycles.